The van der Waals surface area contributed by atoms with Crippen LogP contribution in [-0.4, -0.2) is 32.3 Å². The van der Waals surface area contributed by atoms with Crippen molar-refractivity contribution in [2.45, 2.75) is 66.0 Å². The zero-order valence-electron chi connectivity index (χ0n) is 28.2. The highest BCUT2D eigenvalue weighted by molar-refractivity contribution is 7.92. The highest BCUT2D eigenvalue weighted by Gasteiger charge is 2.27. The van der Waals surface area contributed by atoms with Crippen molar-refractivity contribution in [1.29, 1.82) is 0 Å². The van der Waals surface area contributed by atoms with Gasteiger partial charge in [0.15, 0.2) is 0 Å². The second-order valence-corrected chi connectivity index (χ2v) is 14.2. The molecule has 0 aliphatic rings. The summed E-state index contributed by atoms with van der Waals surface area (Å²) in [5, 5.41) is 1.81. The third-order valence-corrected chi connectivity index (χ3v) is 10.4. The standard InChI is InChI=1S/C40H44N2O4S/c1-7-41(26-33-23-31(5)40(32(6)24-33)46-27-36-15-9-8-12-30(36)4)39(43)18-19-42(37-21-28(2)20-29(3)22-37)47(44,45)38-17-16-34-13-10-11-14-35(34)25-38/h8-17,20-25H,7,18-19,26-27H2,1-6H3. The Hall–Kier alpha value is -4.62. The van der Waals surface area contributed by atoms with Crippen LogP contribution in [0.5, 0.6) is 5.75 Å². The number of benzene rings is 5. The number of hydrogen-bond donors (Lipinski definition) is 0. The summed E-state index contributed by atoms with van der Waals surface area (Å²) < 4.78 is 36.0. The van der Waals surface area contributed by atoms with Crippen LogP contribution in [0.2, 0.25) is 0 Å². The topological polar surface area (TPSA) is 66.9 Å². The molecule has 47 heavy (non-hydrogen) atoms. The van der Waals surface area contributed by atoms with Crippen molar-refractivity contribution >= 4 is 32.4 Å². The van der Waals surface area contributed by atoms with Crippen LogP contribution in [-0.2, 0) is 28.0 Å². The van der Waals surface area contributed by atoms with Gasteiger partial charge in [0.25, 0.3) is 10.0 Å². The summed E-state index contributed by atoms with van der Waals surface area (Å²) >= 11 is 0. The van der Waals surface area contributed by atoms with Crippen molar-refractivity contribution in [1.82, 2.24) is 4.90 Å². The van der Waals surface area contributed by atoms with E-state index in [4.69, 9.17) is 4.74 Å². The molecule has 0 saturated carbocycles. The highest BCUT2D eigenvalue weighted by Crippen LogP contribution is 2.30. The maximum absolute atomic E-state index is 14.2. The van der Waals surface area contributed by atoms with Crippen molar-refractivity contribution in [2.24, 2.45) is 0 Å². The van der Waals surface area contributed by atoms with Crippen LogP contribution < -0.4 is 9.04 Å². The molecule has 1 amide bonds. The van der Waals surface area contributed by atoms with Crippen molar-refractivity contribution in [3.05, 3.63) is 136 Å². The number of nitrogens with zero attached hydrogens (tertiary/aromatic N) is 2. The van der Waals surface area contributed by atoms with Crippen LogP contribution >= 0.6 is 0 Å². The van der Waals surface area contributed by atoms with Gasteiger partial charge in [0.1, 0.15) is 12.4 Å². The molecule has 5 aromatic rings. The highest BCUT2D eigenvalue weighted by atomic mass is 32.2. The number of sulfonamides is 1. The first kappa shape index (κ1) is 33.7. The molecule has 5 rings (SSSR count). The van der Waals surface area contributed by atoms with Gasteiger partial charge in [-0.25, -0.2) is 8.42 Å². The van der Waals surface area contributed by atoms with E-state index in [9.17, 15) is 13.2 Å². The van der Waals surface area contributed by atoms with Crippen LogP contribution in [0.1, 0.15) is 52.3 Å². The minimum atomic E-state index is -3.96. The van der Waals surface area contributed by atoms with Crippen LogP contribution in [0.15, 0.2) is 102 Å². The third kappa shape index (κ3) is 7.86. The molecule has 244 valence electrons. The Morgan fingerprint density at radius 3 is 2.02 bits per heavy atom. The van der Waals surface area contributed by atoms with Crippen LogP contribution in [0.25, 0.3) is 10.8 Å². The quantitative estimate of drug-likeness (QED) is 0.136. The first-order chi connectivity index (χ1) is 22.5. The fourth-order valence-electron chi connectivity index (χ4n) is 6.17. The maximum atomic E-state index is 14.2. The molecule has 0 aliphatic heterocycles. The smallest absolute Gasteiger partial charge is 0.264 e. The maximum Gasteiger partial charge on any atom is 0.264 e. The van der Waals surface area contributed by atoms with E-state index in [1.807, 2.05) is 95.3 Å². The SMILES string of the molecule is CCN(Cc1cc(C)c(OCc2ccccc2C)c(C)c1)C(=O)CCN(c1cc(C)cc(C)c1)S(=O)(=O)c1ccc2ccccc2c1. The number of aryl methyl sites for hydroxylation is 5. The summed E-state index contributed by atoms with van der Waals surface area (Å²) in [6.07, 6.45) is 0.0449. The second kappa shape index (κ2) is 14.4. The molecule has 0 aromatic heterocycles. The Labute approximate surface area is 279 Å². The van der Waals surface area contributed by atoms with Gasteiger partial charge in [0.2, 0.25) is 5.91 Å². The first-order valence-corrected chi connectivity index (χ1v) is 17.6. The number of fused-ring (bicyclic) bond motifs is 1. The Kier molecular flexibility index (Phi) is 10.4. The summed E-state index contributed by atoms with van der Waals surface area (Å²) in [5.74, 6) is 0.750. The third-order valence-electron chi connectivity index (χ3n) is 8.59. The molecule has 0 aliphatic carbocycles. The molecular weight excluding hydrogens is 605 g/mol. The Morgan fingerprint density at radius 1 is 0.723 bits per heavy atom. The molecule has 0 N–H and O–H groups in total. The van der Waals surface area contributed by atoms with Crippen molar-refractivity contribution in [2.75, 3.05) is 17.4 Å². The van der Waals surface area contributed by atoms with Gasteiger partial charge in [-0.1, -0.05) is 72.8 Å². The van der Waals surface area contributed by atoms with Gasteiger partial charge < -0.3 is 9.64 Å². The van der Waals surface area contributed by atoms with E-state index in [1.165, 1.54) is 9.87 Å². The zero-order chi connectivity index (χ0) is 33.7. The predicted octanol–water partition coefficient (Wildman–Crippen LogP) is 8.60. The number of carbonyl (C=O) groups is 1. The molecule has 0 heterocycles. The fraction of sp³-hybridized carbons (Fsp3) is 0.275. The average Bonchev–Trinajstić information content (AvgIpc) is 3.03. The molecule has 6 nitrogen and oxygen atoms in total. The number of anilines is 1. The van der Waals surface area contributed by atoms with E-state index >= 15 is 0 Å². The molecular formula is C40H44N2O4S. The second-order valence-electron chi connectivity index (χ2n) is 12.4. The molecule has 0 fully saturated rings. The van der Waals surface area contributed by atoms with Crippen LogP contribution in [0.3, 0.4) is 0 Å². The molecule has 7 heteroatoms. The lowest BCUT2D eigenvalue weighted by atomic mass is 10.0. The minimum absolute atomic E-state index is 0.0249. The molecule has 0 radical (unpaired) electrons. The predicted molar refractivity (Wildman–Crippen MR) is 192 cm³/mol. The van der Waals surface area contributed by atoms with Crippen LogP contribution in [0, 0.1) is 34.6 Å². The van der Waals surface area contributed by atoms with Gasteiger partial charge in [0, 0.05) is 26.1 Å². The largest absolute Gasteiger partial charge is 0.488 e. The van der Waals surface area contributed by atoms with Gasteiger partial charge in [0.05, 0.1) is 10.6 Å². The summed E-state index contributed by atoms with van der Waals surface area (Å²) in [6, 6.07) is 31.0. The Balaban J connectivity index is 1.34. The van der Waals surface area contributed by atoms with Gasteiger partial charge >= 0.3 is 0 Å². The first-order valence-electron chi connectivity index (χ1n) is 16.1. The van der Waals surface area contributed by atoms with E-state index in [2.05, 4.69) is 31.2 Å². The van der Waals surface area contributed by atoms with Crippen molar-refractivity contribution in [3.63, 3.8) is 0 Å². The number of hydrogen-bond acceptors (Lipinski definition) is 4. The van der Waals surface area contributed by atoms with Crippen molar-refractivity contribution < 1.29 is 17.9 Å². The summed E-state index contributed by atoms with van der Waals surface area (Å²) in [5.41, 5.74) is 7.84. The Bertz CT molecular complexity index is 1980. The van der Waals surface area contributed by atoms with Gasteiger partial charge in [-0.15, -0.1) is 0 Å². The minimum Gasteiger partial charge on any atom is -0.488 e. The zero-order valence-corrected chi connectivity index (χ0v) is 29.0. The Morgan fingerprint density at radius 2 is 1.36 bits per heavy atom. The van der Waals surface area contributed by atoms with E-state index in [0.29, 0.717) is 25.4 Å². The lowest BCUT2D eigenvalue weighted by Gasteiger charge is -2.27. The summed E-state index contributed by atoms with van der Waals surface area (Å²) in [7, 11) is -3.96. The summed E-state index contributed by atoms with van der Waals surface area (Å²) in [6.45, 7) is 13.4. The van der Waals surface area contributed by atoms with Crippen molar-refractivity contribution in [3.8, 4) is 5.75 Å². The van der Waals surface area contributed by atoms with E-state index in [1.54, 1.807) is 17.0 Å². The van der Waals surface area contributed by atoms with Gasteiger partial charge in [-0.2, -0.15) is 0 Å². The van der Waals surface area contributed by atoms with Gasteiger partial charge in [-0.3, -0.25) is 9.10 Å². The molecule has 5 aromatic carbocycles. The number of carbonyl (C=O) groups excluding carboxylic acids is 1. The summed E-state index contributed by atoms with van der Waals surface area (Å²) in [4.78, 5) is 15.7. The monoisotopic (exact) mass is 648 g/mol. The molecule has 0 unspecified atom stereocenters. The molecule has 0 atom stereocenters. The van der Waals surface area contributed by atoms with E-state index in [0.717, 1.165) is 49.9 Å². The lowest BCUT2D eigenvalue weighted by Crippen LogP contribution is -2.37. The number of rotatable bonds is 12. The average molecular weight is 649 g/mol. The molecule has 0 saturated heterocycles. The molecule has 0 spiro atoms. The number of ether oxygens (including phenoxy) is 1. The van der Waals surface area contributed by atoms with E-state index in [-0.39, 0.29) is 23.8 Å². The van der Waals surface area contributed by atoms with Crippen LogP contribution in [0.4, 0.5) is 5.69 Å². The van der Waals surface area contributed by atoms with Gasteiger partial charge in [-0.05, 0) is 116 Å². The number of amides is 1. The fourth-order valence-corrected chi connectivity index (χ4v) is 7.66. The van der Waals surface area contributed by atoms with E-state index < -0.39 is 10.0 Å². The molecule has 0 bridgehead atoms. The normalized spacial score (nSPS) is 11.4. The lowest BCUT2D eigenvalue weighted by molar-refractivity contribution is -0.131.